The molecule has 1 unspecified atom stereocenters. The first-order chi connectivity index (χ1) is 8.49. The largest absolute Gasteiger partial charge is 0.224 e. The van der Waals surface area contributed by atoms with Crippen LogP contribution in [0.2, 0.25) is 0 Å². The van der Waals surface area contributed by atoms with E-state index in [1.54, 1.807) is 12.1 Å². The van der Waals surface area contributed by atoms with Crippen molar-refractivity contribution < 1.29 is 28.0 Å². The molecule has 1 aromatic carbocycles. The van der Waals surface area contributed by atoms with Gasteiger partial charge in [-0.1, -0.05) is 30.3 Å². The van der Waals surface area contributed by atoms with Crippen molar-refractivity contribution >= 4 is 41.7 Å². The van der Waals surface area contributed by atoms with Crippen molar-refractivity contribution in [2.75, 3.05) is 6.26 Å². The van der Waals surface area contributed by atoms with E-state index < -0.39 is 20.0 Å². The lowest BCUT2D eigenvalue weighted by molar-refractivity contribution is -1.91. The first-order valence-electron chi connectivity index (χ1n) is 4.58. The Kier molecular flexibility index (Phi) is 4.73. The van der Waals surface area contributed by atoms with Crippen LogP contribution in [0.25, 0.3) is 0 Å². The van der Waals surface area contributed by atoms with Crippen molar-refractivity contribution in [3.05, 3.63) is 35.9 Å². The molecule has 0 aromatic heterocycles. The van der Waals surface area contributed by atoms with Crippen LogP contribution in [0, 0.1) is 10.2 Å². The summed E-state index contributed by atoms with van der Waals surface area (Å²) in [5.41, 5.74) is 0.747. The van der Waals surface area contributed by atoms with Gasteiger partial charge >= 0.3 is 0 Å². The Morgan fingerprint density at radius 2 is 1.94 bits per heavy atom. The van der Waals surface area contributed by atoms with Crippen LogP contribution < -0.4 is 14.0 Å². The van der Waals surface area contributed by atoms with Crippen molar-refractivity contribution in [2.24, 2.45) is 4.99 Å². The number of benzene rings is 1. The van der Waals surface area contributed by atoms with Crippen LogP contribution in [0.3, 0.4) is 0 Å². The van der Waals surface area contributed by atoms with E-state index in [0.29, 0.717) is 9.36 Å². The highest BCUT2D eigenvalue weighted by Gasteiger charge is 2.32. The number of hydrogen-bond donors (Lipinski definition) is 0. The molecule has 0 fully saturated rings. The summed E-state index contributed by atoms with van der Waals surface area (Å²) in [7, 11) is -4.55. The molecule has 1 heterocycles. The van der Waals surface area contributed by atoms with Crippen LogP contribution in [0.1, 0.15) is 5.56 Å². The van der Waals surface area contributed by atoms with Gasteiger partial charge in [0.05, 0.1) is 10.2 Å². The zero-order valence-electron chi connectivity index (χ0n) is 9.07. The number of nitrogens with zero attached hydrogens (tertiary/aromatic N) is 1. The molecule has 0 saturated heterocycles. The van der Waals surface area contributed by atoms with Crippen LogP contribution in [-0.2, 0) is 3.74 Å². The summed E-state index contributed by atoms with van der Waals surface area (Å²) in [5.74, 6) is 0. The molecule has 1 aliphatic rings. The minimum atomic E-state index is -4.46. The van der Waals surface area contributed by atoms with Gasteiger partial charge in [0.15, 0.2) is 0 Å². The Morgan fingerprint density at radius 1 is 1.28 bits per heavy atom. The third-order valence-electron chi connectivity index (χ3n) is 1.83. The predicted molar refractivity (Wildman–Crippen MR) is 67.8 cm³/mol. The lowest BCUT2D eigenvalue weighted by Crippen LogP contribution is -2.60. The highest BCUT2D eigenvalue weighted by molar-refractivity contribution is 8.91. The van der Waals surface area contributed by atoms with Crippen LogP contribution in [0.4, 0.5) is 0 Å². The van der Waals surface area contributed by atoms with Gasteiger partial charge in [0.1, 0.15) is 13.1 Å². The zero-order valence-corrected chi connectivity index (χ0v) is 12.3. The van der Waals surface area contributed by atoms with Gasteiger partial charge in [-0.3, -0.25) is 0 Å². The second-order valence-corrected chi connectivity index (χ2v) is 8.14. The second-order valence-electron chi connectivity index (χ2n) is 3.01. The summed E-state index contributed by atoms with van der Waals surface area (Å²) in [6.07, 6.45) is 1.82. The Morgan fingerprint density at radius 3 is 2.50 bits per heavy atom. The van der Waals surface area contributed by atoms with E-state index >= 15 is 0 Å². The number of aliphatic imine (C=N–C) groups is 1. The Labute approximate surface area is 117 Å². The average Bonchev–Trinajstić information content (AvgIpc) is 2.71. The average molecular weight is 326 g/mol. The summed E-state index contributed by atoms with van der Waals surface area (Å²) in [6.45, 7) is 0. The number of thioether (sulfide) groups is 1. The van der Waals surface area contributed by atoms with Crippen molar-refractivity contribution in [2.45, 2.75) is 0 Å². The summed E-state index contributed by atoms with van der Waals surface area (Å²) >= 11 is 1.38. The lowest BCUT2D eigenvalue weighted by Gasteiger charge is -2.12. The van der Waals surface area contributed by atoms with Gasteiger partial charge < -0.3 is 0 Å². The molecule has 0 saturated carbocycles. The molecule has 0 amide bonds. The van der Waals surface area contributed by atoms with Gasteiger partial charge in [-0.2, -0.15) is 14.0 Å². The van der Waals surface area contributed by atoms with Gasteiger partial charge in [0.2, 0.25) is 9.80 Å². The molecule has 1 aliphatic heterocycles. The second kappa shape index (κ2) is 5.93. The first kappa shape index (κ1) is 14.4. The molecule has 0 bridgehead atoms. The maximum Gasteiger partial charge on any atom is 0.201 e. The number of rotatable bonds is 3. The van der Waals surface area contributed by atoms with Crippen LogP contribution in [0.5, 0.6) is 0 Å². The number of halogens is 1. The van der Waals surface area contributed by atoms with Crippen LogP contribution in [0.15, 0.2) is 35.3 Å². The van der Waals surface area contributed by atoms with Gasteiger partial charge in [-0.25, -0.2) is 4.99 Å². The molecule has 5 nitrogen and oxygen atoms in total. The summed E-state index contributed by atoms with van der Waals surface area (Å²) in [5, 5.41) is 0. The van der Waals surface area contributed by atoms with Gasteiger partial charge in [-0.05, 0) is 6.26 Å². The van der Waals surface area contributed by atoms with E-state index in [9.17, 15) is 14.0 Å². The minimum Gasteiger partial charge on any atom is -0.224 e. The van der Waals surface area contributed by atoms with E-state index in [4.69, 9.17) is 0 Å². The highest BCUT2D eigenvalue weighted by Crippen LogP contribution is 2.45. The molecular formula is C9H8ClNO4S3. The fourth-order valence-electron chi connectivity index (χ4n) is 1.18. The molecule has 9 heteroatoms. The first-order valence-corrected chi connectivity index (χ1v) is 9.52. The minimum absolute atomic E-state index is 0.469. The van der Waals surface area contributed by atoms with Crippen LogP contribution >= 0.6 is 32.4 Å². The molecule has 98 valence electrons. The summed E-state index contributed by atoms with van der Waals surface area (Å²) in [6, 6.07) is 9.04. The van der Waals surface area contributed by atoms with E-state index in [2.05, 4.69) is 8.73 Å². The Balaban J connectivity index is 2.35. The third kappa shape index (κ3) is 3.72. The highest BCUT2D eigenvalue weighted by atomic mass is 35.7. The van der Waals surface area contributed by atoms with Crippen molar-refractivity contribution in [1.82, 2.24) is 0 Å². The molecule has 0 N–H and O–H groups in total. The molecule has 18 heavy (non-hydrogen) atoms. The van der Waals surface area contributed by atoms with E-state index in [1.807, 2.05) is 24.5 Å². The SMILES string of the molecule is CSC1=NC(c2ccccc2)=S(O[Cl+3]([O-])([O-])[O-])S1. The van der Waals surface area contributed by atoms with Crippen LogP contribution in [-0.4, -0.2) is 15.6 Å². The molecule has 0 radical (unpaired) electrons. The van der Waals surface area contributed by atoms with Crippen molar-refractivity contribution in [1.29, 1.82) is 0 Å². The van der Waals surface area contributed by atoms with Gasteiger partial charge in [0.25, 0.3) is 0 Å². The van der Waals surface area contributed by atoms with Crippen molar-refractivity contribution in [3.8, 4) is 0 Å². The topological polar surface area (TPSA) is 90.8 Å². The maximum atomic E-state index is 10.7. The van der Waals surface area contributed by atoms with Crippen molar-refractivity contribution in [3.63, 3.8) is 0 Å². The Hall–Kier alpha value is -0.0600. The molecule has 0 spiro atoms. The standard InChI is InChI=1S/C9H8ClNO4S3/c1-16-9-11-8(7-5-3-2-4-6-7)18(17-9)15-10(12,13)14/h2-6H,1H3. The smallest absolute Gasteiger partial charge is 0.201 e. The van der Waals surface area contributed by atoms with Gasteiger partial charge in [0, 0.05) is 16.4 Å². The summed E-state index contributed by atoms with van der Waals surface area (Å²) < 4.78 is 37.2. The fraction of sp³-hybridized carbons (Fsp3) is 0.111. The maximum absolute atomic E-state index is 10.7. The van der Waals surface area contributed by atoms with E-state index in [-0.39, 0.29) is 0 Å². The normalized spacial score (nSPS) is 20.1. The van der Waals surface area contributed by atoms with Gasteiger partial charge in [-0.15, -0.1) is 11.8 Å². The number of hydrogen-bond acceptors (Lipinski definition) is 7. The zero-order chi connectivity index (χ0) is 13.2. The van der Waals surface area contributed by atoms with E-state index in [0.717, 1.165) is 16.4 Å². The monoisotopic (exact) mass is 325 g/mol. The lowest BCUT2D eigenvalue weighted by atomic mass is 10.2. The van der Waals surface area contributed by atoms with E-state index in [1.165, 1.54) is 11.8 Å². The quantitative estimate of drug-likeness (QED) is 0.557. The molecule has 1 aromatic rings. The molecular weight excluding hydrogens is 318 g/mol. The predicted octanol–water partition coefficient (Wildman–Crippen LogP) is -0.357. The fourth-order valence-corrected chi connectivity index (χ4v) is 6.59. The molecule has 2 rings (SSSR count). The summed E-state index contributed by atoms with van der Waals surface area (Å²) in [4.78, 5) is 4.75. The molecule has 0 aliphatic carbocycles. The third-order valence-corrected chi connectivity index (χ3v) is 7.30. The Bertz CT molecular complexity index is 500. The molecule has 1 atom stereocenters.